The fourth-order valence-corrected chi connectivity index (χ4v) is 2.32. The number of rotatable bonds is 4. The molecule has 2 aromatic carbocycles. The van der Waals surface area contributed by atoms with Gasteiger partial charge in [0.2, 0.25) is 0 Å². The molecule has 0 fully saturated rings. The first-order chi connectivity index (χ1) is 9.06. The predicted octanol–water partition coefficient (Wildman–Crippen LogP) is 4.13. The molecule has 4 heteroatoms. The van der Waals surface area contributed by atoms with Crippen LogP contribution in [0.1, 0.15) is 11.1 Å². The lowest BCUT2D eigenvalue weighted by Gasteiger charge is -2.10. The van der Waals surface area contributed by atoms with Gasteiger partial charge in [-0.15, -0.1) is 0 Å². The van der Waals surface area contributed by atoms with Crippen molar-refractivity contribution in [3.8, 4) is 0 Å². The number of anilines is 2. The van der Waals surface area contributed by atoms with E-state index < -0.39 is 0 Å². The summed E-state index contributed by atoms with van der Waals surface area (Å²) in [6, 6.07) is 10.8. The van der Waals surface area contributed by atoms with E-state index in [-0.39, 0.29) is 5.82 Å². The van der Waals surface area contributed by atoms with Crippen molar-refractivity contribution in [2.45, 2.75) is 13.3 Å². The number of nitrogens with one attached hydrogen (secondary N) is 1. The molecule has 0 aromatic heterocycles. The van der Waals surface area contributed by atoms with Crippen LogP contribution in [0.5, 0.6) is 0 Å². The summed E-state index contributed by atoms with van der Waals surface area (Å²) >= 11 is 3.35. The fourth-order valence-electron chi connectivity index (χ4n) is 1.91. The molecule has 0 saturated carbocycles. The van der Waals surface area contributed by atoms with Crippen LogP contribution in [0.15, 0.2) is 40.9 Å². The third kappa shape index (κ3) is 3.70. The highest BCUT2D eigenvalue weighted by Gasteiger charge is 2.03. The predicted molar refractivity (Wildman–Crippen MR) is 81.9 cm³/mol. The number of hydrogen-bond acceptors (Lipinski definition) is 2. The molecule has 2 nitrogen and oxygen atoms in total. The Hall–Kier alpha value is -1.55. The average molecular weight is 323 g/mol. The molecule has 19 heavy (non-hydrogen) atoms. The molecule has 2 aromatic rings. The Morgan fingerprint density at radius 1 is 1.21 bits per heavy atom. The minimum absolute atomic E-state index is 0.179. The van der Waals surface area contributed by atoms with Gasteiger partial charge in [0, 0.05) is 11.0 Å². The molecular formula is C15H16BrFN2. The summed E-state index contributed by atoms with van der Waals surface area (Å²) in [6.07, 6.45) is 0.610. The smallest absolute Gasteiger partial charge is 0.126 e. The van der Waals surface area contributed by atoms with E-state index in [9.17, 15) is 4.39 Å². The molecule has 2 rings (SSSR count). The zero-order valence-corrected chi connectivity index (χ0v) is 12.3. The monoisotopic (exact) mass is 322 g/mol. The molecule has 0 aliphatic rings. The van der Waals surface area contributed by atoms with Crippen molar-refractivity contribution in [2.24, 2.45) is 0 Å². The second kappa shape index (κ2) is 6.06. The number of nitrogens with two attached hydrogens (primary N) is 1. The summed E-state index contributed by atoms with van der Waals surface area (Å²) in [4.78, 5) is 0. The summed E-state index contributed by atoms with van der Waals surface area (Å²) in [6.45, 7) is 2.64. The first-order valence-electron chi connectivity index (χ1n) is 6.10. The van der Waals surface area contributed by atoms with Crippen LogP contribution in [-0.4, -0.2) is 6.54 Å². The van der Waals surface area contributed by atoms with Gasteiger partial charge < -0.3 is 11.1 Å². The van der Waals surface area contributed by atoms with Crippen molar-refractivity contribution in [1.29, 1.82) is 0 Å². The molecule has 0 atom stereocenters. The summed E-state index contributed by atoms with van der Waals surface area (Å²) in [5.74, 6) is -0.179. The Morgan fingerprint density at radius 2 is 2.00 bits per heavy atom. The van der Waals surface area contributed by atoms with Crippen molar-refractivity contribution in [3.05, 3.63) is 57.8 Å². The van der Waals surface area contributed by atoms with E-state index in [0.717, 1.165) is 21.4 Å². The van der Waals surface area contributed by atoms with E-state index >= 15 is 0 Å². The highest BCUT2D eigenvalue weighted by molar-refractivity contribution is 9.10. The SMILES string of the molecule is Cc1ccc(NCCc2cc(Br)ccc2F)c(N)c1. The minimum Gasteiger partial charge on any atom is -0.397 e. The molecule has 100 valence electrons. The number of benzene rings is 2. The number of halogens is 2. The Morgan fingerprint density at radius 3 is 2.74 bits per heavy atom. The lowest BCUT2D eigenvalue weighted by molar-refractivity contribution is 0.610. The van der Waals surface area contributed by atoms with Gasteiger partial charge in [0.1, 0.15) is 5.82 Å². The molecule has 0 amide bonds. The zero-order valence-electron chi connectivity index (χ0n) is 10.7. The lowest BCUT2D eigenvalue weighted by atomic mass is 10.1. The van der Waals surface area contributed by atoms with Crippen molar-refractivity contribution < 1.29 is 4.39 Å². The van der Waals surface area contributed by atoms with Crippen LogP contribution in [0.3, 0.4) is 0 Å². The highest BCUT2D eigenvalue weighted by atomic mass is 79.9. The lowest BCUT2D eigenvalue weighted by Crippen LogP contribution is -2.08. The summed E-state index contributed by atoms with van der Waals surface area (Å²) in [5, 5.41) is 3.23. The van der Waals surface area contributed by atoms with Gasteiger partial charge >= 0.3 is 0 Å². The maximum absolute atomic E-state index is 13.6. The molecule has 0 saturated heterocycles. The summed E-state index contributed by atoms with van der Waals surface area (Å²) in [5.41, 5.74) is 9.33. The average Bonchev–Trinajstić information content (AvgIpc) is 2.36. The van der Waals surface area contributed by atoms with Gasteiger partial charge in [-0.1, -0.05) is 22.0 Å². The number of hydrogen-bond donors (Lipinski definition) is 2. The maximum atomic E-state index is 13.6. The molecule has 0 aliphatic carbocycles. The van der Waals surface area contributed by atoms with Gasteiger partial charge in [-0.05, 0) is 54.8 Å². The Labute approximate surface area is 121 Å². The van der Waals surface area contributed by atoms with Crippen LogP contribution in [0, 0.1) is 12.7 Å². The van der Waals surface area contributed by atoms with Crippen molar-refractivity contribution in [2.75, 3.05) is 17.6 Å². The second-order valence-electron chi connectivity index (χ2n) is 4.50. The molecule has 0 spiro atoms. The van der Waals surface area contributed by atoms with Crippen molar-refractivity contribution in [1.82, 2.24) is 0 Å². The maximum Gasteiger partial charge on any atom is 0.126 e. The molecule has 0 bridgehead atoms. The van der Waals surface area contributed by atoms with E-state index in [1.807, 2.05) is 25.1 Å². The van der Waals surface area contributed by atoms with E-state index in [1.54, 1.807) is 12.1 Å². The molecule has 0 radical (unpaired) electrons. The Bertz CT molecular complexity index is 584. The second-order valence-corrected chi connectivity index (χ2v) is 5.42. The summed E-state index contributed by atoms with van der Waals surface area (Å²) in [7, 11) is 0. The van der Waals surface area contributed by atoms with E-state index in [2.05, 4.69) is 21.2 Å². The molecule has 0 aliphatic heterocycles. The highest BCUT2D eigenvalue weighted by Crippen LogP contribution is 2.20. The first kappa shape index (κ1) is 13.9. The molecular weight excluding hydrogens is 307 g/mol. The third-order valence-corrected chi connectivity index (χ3v) is 3.42. The molecule has 3 N–H and O–H groups in total. The third-order valence-electron chi connectivity index (χ3n) is 2.92. The van der Waals surface area contributed by atoms with Gasteiger partial charge in [-0.2, -0.15) is 0 Å². The van der Waals surface area contributed by atoms with Gasteiger partial charge in [-0.3, -0.25) is 0 Å². The van der Waals surface area contributed by atoms with E-state index in [4.69, 9.17) is 5.73 Å². The van der Waals surface area contributed by atoms with Gasteiger partial charge in [0.05, 0.1) is 11.4 Å². The van der Waals surface area contributed by atoms with Gasteiger partial charge in [-0.25, -0.2) is 4.39 Å². The largest absolute Gasteiger partial charge is 0.397 e. The number of nitrogen functional groups attached to an aromatic ring is 1. The normalized spacial score (nSPS) is 10.5. The topological polar surface area (TPSA) is 38.0 Å². The fraction of sp³-hybridized carbons (Fsp3) is 0.200. The number of aryl methyl sites for hydroxylation is 1. The summed E-state index contributed by atoms with van der Waals surface area (Å²) < 4.78 is 14.4. The van der Waals surface area contributed by atoms with Gasteiger partial charge in [0.25, 0.3) is 0 Å². The van der Waals surface area contributed by atoms with Crippen LogP contribution in [0.2, 0.25) is 0 Å². The molecule has 0 unspecified atom stereocenters. The van der Waals surface area contributed by atoms with E-state index in [0.29, 0.717) is 18.5 Å². The molecule has 0 heterocycles. The van der Waals surface area contributed by atoms with Crippen LogP contribution >= 0.6 is 15.9 Å². The van der Waals surface area contributed by atoms with Crippen LogP contribution < -0.4 is 11.1 Å². The van der Waals surface area contributed by atoms with Gasteiger partial charge in [0.15, 0.2) is 0 Å². The first-order valence-corrected chi connectivity index (χ1v) is 6.89. The Balaban J connectivity index is 1.98. The van der Waals surface area contributed by atoms with Crippen LogP contribution in [0.4, 0.5) is 15.8 Å². The standard InChI is InChI=1S/C15H16BrFN2/c1-10-2-5-15(14(18)8-10)19-7-6-11-9-12(16)3-4-13(11)17/h2-5,8-9,19H,6-7,18H2,1H3. The zero-order chi connectivity index (χ0) is 13.8. The van der Waals surface area contributed by atoms with Crippen molar-refractivity contribution in [3.63, 3.8) is 0 Å². The van der Waals surface area contributed by atoms with E-state index in [1.165, 1.54) is 6.07 Å². The van der Waals surface area contributed by atoms with Crippen molar-refractivity contribution >= 4 is 27.3 Å². The Kier molecular flexibility index (Phi) is 4.43. The van der Waals surface area contributed by atoms with Crippen LogP contribution in [0.25, 0.3) is 0 Å². The minimum atomic E-state index is -0.179. The van der Waals surface area contributed by atoms with Crippen LogP contribution in [-0.2, 0) is 6.42 Å². The quantitative estimate of drug-likeness (QED) is 0.830.